The molecule has 5 aliphatic carbocycles. The fourth-order valence-corrected chi connectivity index (χ4v) is 13.2. The van der Waals surface area contributed by atoms with Crippen molar-refractivity contribution in [3.63, 3.8) is 0 Å². The quantitative estimate of drug-likeness (QED) is 0.172. The van der Waals surface area contributed by atoms with Crippen LogP contribution in [0.2, 0.25) is 0 Å². The third-order valence-electron chi connectivity index (χ3n) is 16.2. The minimum Gasteiger partial charge on any atom is -0.457 e. The zero-order valence-electron chi connectivity index (χ0n) is 35.5. The molecule has 7 aromatic rings. The Morgan fingerprint density at radius 1 is 0.417 bits per heavy atom. The molecular formula is C58H55NO. The van der Waals surface area contributed by atoms with E-state index in [0.29, 0.717) is 11.8 Å². The number of fused-ring (bicyclic) bond motifs is 4. The number of benzene rings is 7. The van der Waals surface area contributed by atoms with Crippen molar-refractivity contribution >= 4 is 27.8 Å². The van der Waals surface area contributed by atoms with Crippen molar-refractivity contribution in [2.24, 2.45) is 23.7 Å². The van der Waals surface area contributed by atoms with Crippen LogP contribution in [0.1, 0.15) is 94.9 Å². The van der Waals surface area contributed by atoms with Crippen molar-refractivity contribution in [3.8, 4) is 33.8 Å². The van der Waals surface area contributed by atoms with E-state index in [9.17, 15) is 0 Å². The summed E-state index contributed by atoms with van der Waals surface area (Å²) in [4.78, 5) is 2.47. The maximum Gasteiger partial charge on any atom is 0.131 e. The lowest BCUT2D eigenvalue weighted by Crippen LogP contribution is -2.56. The molecule has 2 nitrogen and oxygen atoms in total. The first kappa shape index (κ1) is 36.3. The molecule has 1 spiro atoms. The van der Waals surface area contributed by atoms with Gasteiger partial charge < -0.3 is 9.64 Å². The van der Waals surface area contributed by atoms with E-state index >= 15 is 0 Å². The van der Waals surface area contributed by atoms with Crippen molar-refractivity contribution in [2.75, 3.05) is 4.90 Å². The molecule has 0 N–H and O–H groups in total. The van der Waals surface area contributed by atoms with Gasteiger partial charge in [0.2, 0.25) is 0 Å². The second-order valence-corrected chi connectivity index (χ2v) is 20.5. The van der Waals surface area contributed by atoms with Gasteiger partial charge in [0.15, 0.2) is 0 Å². The SMILES string of the molecule is CC1(C)CCC(C)(C)c2cc(N(c3ccc(-c4ccc5c(c4)C4(c6ccccc6O5)C5CC6CC(C5)CC4C6)cc3)c3ccc(-c4ccc5ccccc5c4)cc3)ccc21. The molecule has 298 valence electrons. The molecule has 13 rings (SSSR count). The minimum absolute atomic E-state index is 0.0398. The Hall–Kier alpha value is -5.60. The number of hydrogen-bond acceptors (Lipinski definition) is 2. The molecule has 4 saturated carbocycles. The lowest BCUT2D eigenvalue weighted by Gasteiger charge is -2.63. The molecule has 0 radical (unpaired) electrons. The highest BCUT2D eigenvalue weighted by Crippen LogP contribution is 2.69. The second-order valence-electron chi connectivity index (χ2n) is 20.5. The maximum atomic E-state index is 6.76. The summed E-state index contributed by atoms with van der Waals surface area (Å²) in [5.41, 5.74) is 14.7. The standard InChI is InChI=1S/C58H55NO/c1-56(2)27-28-57(3,4)52-36-49(24-25-50(52)56)59(47-20-15-40(16-21-47)43-14-13-39-9-5-6-10-42(39)34-43)48-22-17-41(18-23-48)44-19-26-55-53(35-44)58(51-11-7-8-12-54(51)60-55)45-30-37-29-38(32-45)33-46(58)31-37/h5-26,34-38,45-46H,27-33H2,1-4H3. The summed E-state index contributed by atoms with van der Waals surface area (Å²) in [6.07, 6.45) is 9.28. The third-order valence-corrected chi connectivity index (χ3v) is 16.2. The van der Waals surface area contributed by atoms with Crippen LogP contribution in [-0.4, -0.2) is 0 Å². The van der Waals surface area contributed by atoms with E-state index in [1.54, 1.807) is 0 Å². The molecular weight excluding hydrogens is 727 g/mol. The molecule has 7 aromatic carbocycles. The fourth-order valence-electron chi connectivity index (χ4n) is 13.2. The Bertz CT molecular complexity index is 2780. The molecule has 0 amide bonds. The van der Waals surface area contributed by atoms with Gasteiger partial charge in [-0.15, -0.1) is 0 Å². The Kier molecular flexibility index (Phi) is 7.98. The smallest absolute Gasteiger partial charge is 0.131 e. The van der Waals surface area contributed by atoms with Gasteiger partial charge in [-0.05, 0) is 184 Å². The summed E-state index contributed by atoms with van der Waals surface area (Å²) in [5.74, 6) is 5.31. The van der Waals surface area contributed by atoms with Crippen molar-refractivity contribution in [1.82, 2.24) is 0 Å². The maximum absolute atomic E-state index is 6.76. The summed E-state index contributed by atoms with van der Waals surface area (Å²) >= 11 is 0. The van der Waals surface area contributed by atoms with Gasteiger partial charge in [0.05, 0.1) is 0 Å². The van der Waals surface area contributed by atoms with Crippen LogP contribution in [0, 0.1) is 23.7 Å². The second kappa shape index (κ2) is 13.2. The highest BCUT2D eigenvalue weighted by Gasteiger charge is 2.61. The molecule has 0 unspecified atom stereocenters. The van der Waals surface area contributed by atoms with Gasteiger partial charge >= 0.3 is 0 Å². The molecule has 1 aliphatic heterocycles. The molecule has 6 aliphatic rings. The number of anilines is 3. The lowest BCUT2D eigenvalue weighted by molar-refractivity contribution is -0.0452. The highest BCUT2D eigenvalue weighted by molar-refractivity contribution is 5.88. The monoisotopic (exact) mass is 781 g/mol. The zero-order chi connectivity index (χ0) is 40.4. The average molecular weight is 782 g/mol. The van der Waals surface area contributed by atoms with Crippen LogP contribution in [-0.2, 0) is 16.2 Å². The molecule has 60 heavy (non-hydrogen) atoms. The number of rotatable bonds is 5. The van der Waals surface area contributed by atoms with Crippen LogP contribution >= 0.6 is 0 Å². The number of hydrogen-bond donors (Lipinski definition) is 0. The summed E-state index contributed by atoms with van der Waals surface area (Å²) < 4.78 is 6.76. The first-order chi connectivity index (χ1) is 29.1. The van der Waals surface area contributed by atoms with Crippen LogP contribution in [0.15, 0.2) is 152 Å². The fraction of sp³-hybridized carbons (Fsp3) is 0.310. The summed E-state index contributed by atoms with van der Waals surface area (Å²) in [5, 5.41) is 2.54. The van der Waals surface area contributed by atoms with E-state index < -0.39 is 0 Å². The third kappa shape index (κ3) is 5.52. The lowest BCUT2D eigenvalue weighted by atomic mass is 9.41. The predicted molar refractivity (Wildman–Crippen MR) is 249 cm³/mol. The van der Waals surface area contributed by atoms with Gasteiger partial charge in [0.1, 0.15) is 11.5 Å². The topological polar surface area (TPSA) is 12.5 Å². The first-order valence-electron chi connectivity index (χ1n) is 22.7. The molecule has 0 aromatic heterocycles. The van der Waals surface area contributed by atoms with E-state index in [2.05, 4.69) is 184 Å². The van der Waals surface area contributed by atoms with Crippen molar-refractivity contribution in [3.05, 3.63) is 174 Å². The Morgan fingerprint density at radius 3 is 1.63 bits per heavy atom. The van der Waals surface area contributed by atoms with Gasteiger partial charge in [-0.3, -0.25) is 0 Å². The average Bonchev–Trinajstić information content (AvgIpc) is 3.27. The summed E-state index contributed by atoms with van der Waals surface area (Å²) in [6, 6.07) is 57.4. The van der Waals surface area contributed by atoms with E-state index in [-0.39, 0.29) is 16.2 Å². The van der Waals surface area contributed by atoms with Crippen LogP contribution in [0.3, 0.4) is 0 Å². The Labute approximate surface area is 356 Å². The normalized spacial score (nSPS) is 25.0. The molecule has 4 fully saturated rings. The van der Waals surface area contributed by atoms with E-state index in [0.717, 1.165) is 34.7 Å². The van der Waals surface area contributed by atoms with E-state index in [1.165, 1.54) is 106 Å². The highest BCUT2D eigenvalue weighted by atomic mass is 16.5. The van der Waals surface area contributed by atoms with Crippen LogP contribution in [0.5, 0.6) is 11.5 Å². The van der Waals surface area contributed by atoms with Gasteiger partial charge in [0, 0.05) is 33.6 Å². The Balaban J connectivity index is 0.944. The van der Waals surface area contributed by atoms with Gasteiger partial charge in [0.25, 0.3) is 0 Å². The molecule has 1 heterocycles. The predicted octanol–water partition coefficient (Wildman–Crippen LogP) is 15.8. The molecule has 2 heteroatoms. The summed E-state index contributed by atoms with van der Waals surface area (Å²) in [6.45, 7) is 9.69. The van der Waals surface area contributed by atoms with E-state index in [4.69, 9.17) is 4.74 Å². The van der Waals surface area contributed by atoms with Crippen molar-refractivity contribution < 1.29 is 4.74 Å². The van der Waals surface area contributed by atoms with Gasteiger partial charge in [-0.1, -0.05) is 119 Å². The van der Waals surface area contributed by atoms with Crippen LogP contribution < -0.4 is 9.64 Å². The summed E-state index contributed by atoms with van der Waals surface area (Å²) in [7, 11) is 0. The van der Waals surface area contributed by atoms with E-state index in [1.807, 2.05) is 0 Å². The number of para-hydroxylation sites is 1. The van der Waals surface area contributed by atoms with Gasteiger partial charge in [-0.25, -0.2) is 0 Å². The Morgan fingerprint density at radius 2 is 0.950 bits per heavy atom. The number of nitrogens with zero attached hydrogens (tertiary/aromatic N) is 1. The zero-order valence-corrected chi connectivity index (χ0v) is 35.5. The van der Waals surface area contributed by atoms with Crippen molar-refractivity contribution in [2.45, 2.75) is 88.9 Å². The number of ether oxygens (including phenoxy) is 1. The van der Waals surface area contributed by atoms with Crippen LogP contribution in [0.25, 0.3) is 33.0 Å². The minimum atomic E-state index is 0.0398. The largest absolute Gasteiger partial charge is 0.457 e. The van der Waals surface area contributed by atoms with Crippen LogP contribution in [0.4, 0.5) is 17.1 Å². The molecule has 0 atom stereocenters. The first-order valence-corrected chi connectivity index (χ1v) is 22.7. The molecule has 4 bridgehead atoms. The molecule has 0 saturated heterocycles. The van der Waals surface area contributed by atoms with Gasteiger partial charge in [-0.2, -0.15) is 0 Å². The van der Waals surface area contributed by atoms with Crippen molar-refractivity contribution in [1.29, 1.82) is 0 Å².